The molecule has 1 unspecified atom stereocenters. The monoisotopic (exact) mass is 301 g/mol. The van der Waals surface area contributed by atoms with Crippen molar-refractivity contribution in [2.45, 2.75) is 19.8 Å². The molecule has 6 nitrogen and oxygen atoms in total. The van der Waals surface area contributed by atoms with E-state index in [9.17, 15) is 14.5 Å². The molecule has 0 saturated carbocycles. The number of carboxylic acids is 1. The van der Waals surface area contributed by atoms with E-state index in [2.05, 4.69) is 0 Å². The third kappa shape index (κ3) is 4.63. The maximum absolute atomic E-state index is 12.4. The van der Waals surface area contributed by atoms with Crippen LogP contribution in [0.25, 0.3) is 0 Å². The van der Waals surface area contributed by atoms with E-state index in [0.717, 1.165) is 0 Å². The molecule has 0 heterocycles. The van der Waals surface area contributed by atoms with Crippen molar-refractivity contribution >= 4 is 19.3 Å². The summed E-state index contributed by atoms with van der Waals surface area (Å²) in [5.41, 5.74) is 6.59. The average molecular weight is 301 g/mol. The van der Waals surface area contributed by atoms with Crippen LogP contribution < -0.4 is 5.73 Å². The van der Waals surface area contributed by atoms with E-state index < -0.39 is 19.5 Å². The SMILES string of the molecule is CCOP(=O)(CC(C(=O)O)c1cccc(N)c1)OCC. The Morgan fingerprint density at radius 2 is 1.95 bits per heavy atom. The zero-order chi connectivity index (χ0) is 15.2. The van der Waals surface area contributed by atoms with Crippen molar-refractivity contribution in [2.75, 3.05) is 25.1 Å². The van der Waals surface area contributed by atoms with Crippen LogP contribution in [0.2, 0.25) is 0 Å². The minimum absolute atomic E-state index is 0.195. The molecule has 1 atom stereocenters. The first-order valence-corrected chi connectivity index (χ1v) is 8.11. The number of aliphatic carboxylic acids is 1. The molecule has 0 saturated heterocycles. The number of hydrogen-bond acceptors (Lipinski definition) is 5. The van der Waals surface area contributed by atoms with E-state index in [1.807, 2.05) is 0 Å². The van der Waals surface area contributed by atoms with Crippen molar-refractivity contribution in [2.24, 2.45) is 0 Å². The van der Waals surface area contributed by atoms with Crippen molar-refractivity contribution in [1.29, 1.82) is 0 Å². The molecule has 0 aliphatic heterocycles. The van der Waals surface area contributed by atoms with Gasteiger partial charge in [0.15, 0.2) is 0 Å². The van der Waals surface area contributed by atoms with Gasteiger partial charge in [-0.2, -0.15) is 0 Å². The van der Waals surface area contributed by atoms with E-state index >= 15 is 0 Å². The third-order valence-electron chi connectivity index (χ3n) is 2.67. The number of carbonyl (C=O) groups is 1. The second-order valence-electron chi connectivity index (χ2n) is 4.19. The van der Waals surface area contributed by atoms with Crippen LogP contribution in [0.4, 0.5) is 5.69 Å². The van der Waals surface area contributed by atoms with Gasteiger partial charge in [0.2, 0.25) is 0 Å². The minimum atomic E-state index is -3.43. The summed E-state index contributed by atoms with van der Waals surface area (Å²) < 4.78 is 22.7. The molecular formula is C13H20NO5P. The van der Waals surface area contributed by atoms with Crippen LogP contribution in [0.15, 0.2) is 24.3 Å². The van der Waals surface area contributed by atoms with Crippen molar-refractivity contribution < 1.29 is 23.5 Å². The summed E-state index contributed by atoms with van der Waals surface area (Å²) >= 11 is 0. The van der Waals surface area contributed by atoms with Crippen LogP contribution in [-0.2, 0) is 18.4 Å². The molecule has 20 heavy (non-hydrogen) atoms. The molecule has 0 amide bonds. The summed E-state index contributed by atoms with van der Waals surface area (Å²) in [6.07, 6.45) is -0.215. The smallest absolute Gasteiger partial charge is 0.331 e. The number of carboxylic acid groups (broad SMARTS) is 1. The average Bonchev–Trinajstić information content (AvgIpc) is 2.36. The lowest BCUT2D eigenvalue weighted by Crippen LogP contribution is -2.18. The molecule has 1 rings (SSSR count). The van der Waals surface area contributed by atoms with Crippen molar-refractivity contribution in [1.82, 2.24) is 0 Å². The van der Waals surface area contributed by atoms with Gasteiger partial charge in [-0.15, -0.1) is 0 Å². The molecule has 0 spiro atoms. The quantitative estimate of drug-likeness (QED) is 0.566. The normalized spacial score (nSPS) is 13.1. The Balaban J connectivity index is 3.03. The second-order valence-corrected chi connectivity index (χ2v) is 6.29. The molecule has 112 valence electrons. The number of nitrogen functional groups attached to an aromatic ring is 1. The number of hydrogen-bond donors (Lipinski definition) is 2. The van der Waals surface area contributed by atoms with Crippen LogP contribution in [0, 0.1) is 0 Å². The lowest BCUT2D eigenvalue weighted by atomic mass is 10.0. The predicted molar refractivity (Wildman–Crippen MR) is 77.0 cm³/mol. The lowest BCUT2D eigenvalue weighted by Gasteiger charge is -2.21. The Hall–Kier alpha value is -1.36. The summed E-state index contributed by atoms with van der Waals surface area (Å²) in [4.78, 5) is 11.4. The Labute approximate surface area is 118 Å². The zero-order valence-electron chi connectivity index (χ0n) is 11.6. The number of rotatable bonds is 8. The molecule has 0 aliphatic carbocycles. The Bertz CT molecular complexity index is 495. The summed E-state index contributed by atoms with van der Waals surface area (Å²) in [7, 11) is -3.43. The molecule has 1 aromatic rings. The maximum Gasteiger partial charge on any atom is 0.331 e. The zero-order valence-corrected chi connectivity index (χ0v) is 12.5. The van der Waals surface area contributed by atoms with Gasteiger partial charge in [0, 0.05) is 5.69 Å². The van der Waals surface area contributed by atoms with Gasteiger partial charge in [0.1, 0.15) is 0 Å². The number of anilines is 1. The van der Waals surface area contributed by atoms with Crippen molar-refractivity contribution in [3.63, 3.8) is 0 Å². The topological polar surface area (TPSA) is 98.9 Å². The molecule has 3 N–H and O–H groups in total. The largest absolute Gasteiger partial charge is 0.481 e. The highest BCUT2D eigenvalue weighted by atomic mass is 31.2. The molecular weight excluding hydrogens is 281 g/mol. The standard InChI is InChI=1S/C13H20NO5P/c1-3-18-20(17,19-4-2)9-12(13(15)16)10-6-5-7-11(14)8-10/h5-8,12H,3-4,9,14H2,1-2H3,(H,15,16). The van der Waals surface area contributed by atoms with Crippen molar-refractivity contribution in [3.05, 3.63) is 29.8 Å². The van der Waals surface area contributed by atoms with Gasteiger partial charge in [-0.25, -0.2) is 0 Å². The first-order valence-electron chi connectivity index (χ1n) is 6.38. The summed E-state index contributed by atoms with van der Waals surface area (Å²) in [6.45, 7) is 3.75. The highest BCUT2D eigenvalue weighted by molar-refractivity contribution is 7.53. The lowest BCUT2D eigenvalue weighted by molar-refractivity contribution is -0.138. The van der Waals surface area contributed by atoms with Crippen LogP contribution in [0.1, 0.15) is 25.3 Å². The Morgan fingerprint density at radius 3 is 2.40 bits per heavy atom. The maximum atomic E-state index is 12.4. The molecule has 0 aliphatic rings. The fourth-order valence-electron chi connectivity index (χ4n) is 1.86. The number of benzene rings is 1. The molecule has 1 aromatic carbocycles. The minimum Gasteiger partial charge on any atom is -0.481 e. The van der Waals surface area contributed by atoms with Crippen LogP contribution in [0.5, 0.6) is 0 Å². The van der Waals surface area contributed by atoms with Gasteiger partial charge in [-0.05, 0) is 31.5 Å². The molecule has 0 radical (unpaired) electrons. The fourth-order valence-corrected chi connectivity index (χ4v) is 3.75. The van der Waals surface area contributed by atoms with Crippen molar-refractivity contribution in [3.8, 4) is 0 Å². The second kappa shape index (κ2) is 7.43. The van der Waals surface area contributed by atoms with E-state index in [-0.39, 0.29) is 19.4 Å². The first-order chi connectivity index (χ1) is 9.41. The van der Waals surface area contributed by atoms with Gasteiger partial charge < -0.3 is 19.9 Å². The summed E-state index contributed by atoms with van der Waals surface area (Å²) in [5.74, 6) is -2.07. The van der Waals surface area contributed by atoms with Crippen LogP contribution in [-0.4, -0.2) is 30.5 Å². The highest BCUT2D eigenvalue weighted by Crippen LogP contribution is 2.51. The summed E-state index contributed by atoms with van der Waals surface area (Å²) in [5, 5.41) is 9.34. The van der Waals surface area contributed by atoms with E-state index in [4.69, 9.17) is 14.8 Å². The highest BCUT2D eigenvalue weighted by Gasteiger charge is 2.33. The van der Waals surface area contributed by atoms with Crippen LogP contribution in [0.3, 0.4) is 0 Å². The first kappa shape index (κ1) is 16.7. The van der Waals surface area contributed by atoms with Gasteiger partial charge >= 0.3 is 13.6 Å². The summed E-state index contributed by atoms with van der Waals surface area (Å²) in [6, 6.07) is 6.51. The van der Waals surface area contributed by atoms with E-state index in [1.54, 1.807) is 38.1 Å². The van der Waals surface area contributed by atoms with E-state index in [0.29, 0.717) is 11.3 Å². The Kier molecular flexibility index (Phi) is 6.20. The predicted octanol–water partition coefficient (Wildman–Crippen LogP) is 2.70. The molecule has 0 fully saturated rings. The molecule has 0 aromatic heterocycles. The van der Waals surface area contributed by atoms with Gasteiger partial charge in [-0.3, -0.25) is 9.36 Å². The molecule has 0 bridgehead atoms. The molecule has 7 heteroatoms. The Morgan fingerprint density at radius 1 is 1.35 bits per heavy atom. The van der Waals surface area contributed by atoms with Gasteiger partial charge in [0.05, 0.1) is 25.3 Å². The van der Waals surface area contributed by atoms with Gasteiger partial charge in [0.25, 0.3) is 0 Å². The third-order valence-corrected chi connectivity index (χ3v) is 4.78. The van der Waals surface area contributed by atoms with E-state index in [1.165, 1.54) is 0 Å². The fraction of sp³-hybridized carbons (Fsp3) is 0.462. The van der Waals surface area contributed by atoms with Gasteiger partial charge in [-0.1, -0.05) is 12.1 Å². The number of nitrogens with two attached hydrogens (primary N) is 1. The van der Waals surface area contributed by atoms with Crippen LogP contribution >= 0.6 is 7.60 Å².